The third-order valence-electron chi connectivity index (χ3n) is 1.32. The maximum atomic E-state index is 10.5. The molecule has 0 aliphatic carbocycles. The van der Waals surface area contributed by atoms with Gasteiger partial charge >= 0.3 is 5.97 Å². The first kappa shape index (κ1) is 7.63. The van der Waals surface area contributed by atoms with Gasteiger partial charge in [0.25, 0.3) is 0 Å². The Labute approximate surface area is 58.1 Å². The summed E-state index contributed by atoms with van der Waals surface area (Å²) in [6.45, 7) is 0. The zero-order valence-electron chi connectivity index (χ0n) is 5.07. The largest absolute Gasteiger partial charge is 0.630 e. The second-order valence-corrected chi connectivity index (χ2v) is 3.77. The quantitative estimate of drug-likeness (QED) is 0.310. The van der Waals surface area contributed by atoms with Crippen molar-refractivity contribution < 1.29 is 14.8 Å². The minimum atomic E-state index is -1.87. The maximum Gasteiger partial charge on any atom is 0.347 e. The zero-order chi connectivity index (χ0) is 7.94. The molecule has 0 aromatic rings. The van der Waals surface area contributed by atoms with Crippen LogP contribution in [0.1, 0.15) is 0 Å². The van der Waals surface area contributed by atoms with E-state index in [2.05, 4.69) is 0 Å². The summed E-state index contributed by atoms with van der Waals surface area (Å²) in [6.07, 6.45) is 0.259. The van der Waals surface area contributed by atoms with Gasteiger partial charge in [-0.05, 0) is 0 Å². The van der Waals surface area contributed by atoms with Gasteiger partial charge in [0.1, 0.15) is 0 Å². The predicted molar refractivity (Wildman–Crippen MR) is 35.5 cm³/mol. The highest BCUT2D eigenvalue weighted by Crippen LogP contribution is 2.34. The normalized spacial score (nSPS) is 21.1. The first-order valence-electron chi connectivity index (χ1n) is 2.58. The molecule has 0 saturated heterocycles. The summed E-state index contributed by atoms with van der Waals surface area (Å²) in [7, 11) is -1.52. The minimum absolute atomic E-state index is 0.245. The number of carboxylic acids is 1. The summed E-state index contributed by atoms with van der Waals surface area (Å²) in [5.74, 6) is -1.33. The molecule has 56 valence electrons. The van der Waals surface area contributed by atoms with Crippen molar-refractivity contribution in [3.63, 3.8) is 0 Å². The van der Waals surface area contributed by atoms with Gasteiger partial charge in [0.15, 0.2) is 11.5 Å². The van der Waals surface area contributed by atoms with E-state index in [0.29, 0.717) is 0 Å². The summed E-state index contributed by atoms with van der Waals surface area (Å²) in [4.78, 5) is 20.8. The highest BCUT2D eigenvalue weighted by atomic mass is 31.1. The molecule has 1 aliphatic heterocycles. The Bertz CT molecular complexity index is 223. The summed E-state index contributed by atoms with van der Waals surface area (Å²) >= 11 is 0. The number of carbonyl (C=O) groups is 1. The fourth-order valence-corrected chi connectivity index (χ4v) is 1.71. The molecule has 0 saturated carbocycles. The molecule has 1 rings (SSSR count). The van der Waals surface area contributed by atoms with Crippen molar-refractivity contribution in [3.05, 3.63) is 0 Å². The van der Waals surface area contributed by atoms with Gasteiger partial charge in [-0.3, -0.25) is 11.5 Å². The fraction of sp³-hybridized carbons (Fsp3) is 0.500. The molecule has 1 heterocycles. The Kier molecular flexibility index (Phi) is 1.53. The van der Waals surface area contributed by atoms with E-state index in [1.54, 1.807) is 0 Å². The standard InChI is InChI=1S/C4H7N2O3P/c5-4(6,3(7)8)2-1-10(2)9/h1,5-6H2,(H,7,8). The molecular weight excluding hydrogens is 155 g/mol. The van der Waals surface area contributed by atoms with Crippen LogP contribution in [0, 0.1) is 0 Å². The van der Waals surface area contributed by atoms with E-state index in [-0.39, 0.29) is 11.5 Å². The average molecular weight is 162 g/mol. The molecule has 1 aliphatic rings. The lowest BCUT2D eigenvalue weighted by Gasteiger charge is -2.09. The van der Waals surface area contributed by atoms with E-state index in [9.17, 15) is 9.69 Å². The summed E-state index contributed by atoms with van der Waals surface area (Å²) < 4.78 is 0. The van der Waals surface area contributed by atoms with Crippen LogP contribution in [0.4, 0.5) is 0 Å². The Morgan fingerprint density at radius 3 is 2.30 bits per heavy atom. The van der Waals surface area contributed by atoms with Crippen molar-refractivity contribution in [1.29, 1.82) is 0 Å². The molecule has 0 aromatic heterocycles. The van der Waals surface area contributed by atoms with Crippen LogP contribution in [0.5, 0.6) is 0 Å². The third kappa shape index (κ3) is 1.04. The first-order valence-corrected chi connectivity index (χ1v) is 4.03. The third-order valence-corrected chi connectivity index (χ3v) is 2.67. The molecule has 5 N–H and O–H groups in total. The molecule has 1 atom stereocenters. The Morgan fingerprint density at radius 2 is 2.20 bits per heavy atom. The highest BCUT2D eigenvalue weighted by Gasteiger charge is 2.49. The molecule has 0 fully saturated rings. The lowest BCUT2D eigenvalue weighted by Crippen LogP contribution is -2.60. The molecule has 0 bridgehead atoms. The van der Waals surface area contributed by atoms with Gasteiger partial charge in [0.05, 0.1) is 7.77 Å². The van der Waals surface area contributed by atoms with Crippen molar-refractivity contribution in [2.75, 3.05) is 6.16 Å². The number of hydrogen-bond donors (Lipinski definition) is 3. The second kappa shape index (κ2) is 2.00. The predicted octanol–water partition coefficient (Wildman–Crippen LogP) is -2.37. The van der Waals surface area contributed by atoms with E-state index in [0.717, 1.165) is 0 Å². The monoisotopic (exact) mass is 162 g/mol. The van der Waals surface area contributed by atoms with E-state index in [1.807, 2.05) is 0 Å². The van der Waals surface area contributed by atoms with Crippen LogP contribution in [0.2, 0.25) is 0 Å². The molecule has 5 nitrogen and oxygen atoms in total. The van der Waals surface area contributed by atoms with Crippen molar-refractivity contribution in [1.82, 2.24) is 0 Å². The van der Waals surface area contributed by atoms with E-state index in [4.69, 9.17) is 16.6 Å². The fourth-order valence-electron chi connectivity index (χ4n) is 0.561. The molecule has 0 radical (unpaired) electrons. The minimum Gasteiger partial charge on any atom is -0.630 e. The summed E-state index contributed by atoms with van der Waals surface area (Å²) in [5.41, 5.74) is 8.36. The van der Waals surface area contributed by atoms with Crippen molar-refractivity contribution in [2.24, 2.45) is 11.5 Å². The number of rotatable bonds is 2. The van der Waals surface area contributed by atoms with Gasteiger partial charge < -0.3 is 10.00 Å². The van der Waals surface area contributed by atoms with Crippen LogP contribution < -0.4 is 16.4 Å². The van der Waals surface area contributed by atoms with Crippen LogP contribution in [0.15, 0.2) is 0 Å². The van der Waals surface area contributed by atoms with Crippen molar-refractivity contribution in [2.45, 2.75) is 5.66 Å². The highest BCUT2D eigenvalue weighted by molar-refractivity contribution is 7.64. The summed E-state index contributed by atoms with van der Waals surface area (Å²) in [6, 6.07) is 0. The van der Waals surface area contributed by atoms with Gasteiger partial charge in [-0.25, -0.2) is 4.79 Å². The molecule has 6 heteroatoms. The maximum absolute atomic E-state index is 10.5. The van der Waals surface area contributed by atoms with Gasteiger partial charge in [0, 0.05) is 0 Å². The van der Waals surface area contributed by atoms with Crippen molar-refractivity contribution >= 4 is 19.0 Å². The van der Waals surface area contributed by atoms with Gasteiger partial charge in [-0.15, -0.1) is 0 Å². The second-order valence-electron chi connectivity index (χ2n) is 2.16. The van der Waals surface area contributed by atoms with E-state index in [1.165, 1.54) is 0 Å². The van der Waals surface area contributed by atoms with E-state index < -0.39 is 19.4 Å². The Morgan fingerprint density at radius 1 is 1.80 bits per heavy atom. The molecule has 10 heavy (non-hydrogen) atoms. The van der Waals surface area contributed by atoms with Crippen LogP contribution >= 0.6 is 7.77 Å². The molecule has 0 amide bonds. The molecule has 1 unspecified atom stereocenters. The molecular formula is C4H7N2O3P. The molecule has 0 spiro atoms. The van der Waals surface area contributed by atoms with Crippen LogP contribution in [-0.2, 0) is 4.79 Å². The zero-order valence-corrected chi connectivity index (χ0v) is 5.97. The number of aliphatic carboxylic acids is 1. The van der Waals surface area contributed by atoms with Crippen LogP contribution in [-0.4, -0.2) is 28.2 Å². The van der Waals surface area contributed by atoms with Crippen molar-refractivity contribution in [3.8, 4) is 0 Å². The van der Waals surface area contributed by atoms with Gasteiger partial charge in [0.2, 0.25) is 5.66 Å². The number of nitrogens with two attached hydrogens (primary N) is 2. The Hall–Kier alpha value is -0.480. The van der Waals surface area contributed by atoms with Crippen LogP contribution in [0.25, 0.3) is 0 Å². The van der Waals surface area contributed by atoms with Gasteiger partial charge in [-0.1, -0.05) is 0 Å². The summed E-state index contributed by atoms with van der Waals surface area (Å²) in [5, 5.41) is 8.62. The topological polar surface area (TPSA) is 112 Å². The smallest absolute Gasteiger partial charge is 0.347 e. The average Bonchev–Trinajstić information content (AvgIpc) is 2.46. The van der Waals surface area contributed by atoms with Gasteiger partial charge in [-0.2, -0.15) is 0 Å². The SMILES string of the molecule is NC(N)(C(=O)O)C1=[P+]([O-])C1. The number of carboxylic acid groups (broad SMARTS) is 1. The lowest BCUT2D eigenvalue weighted by atomic mass is 10.1. The number of hydrogen-bond acceptors (Lipinski definition) is 4. The van der Waals surface area contributed by atoms with E-state index >= 15 is 0 Å². The first-order chi connectivity index (χ1) is 4.46. The Balaban J connectivity index is 2.80. The molecule has 0 aromatic carbocycles. The lowest BCUT2D eigenvalue weighted by molar-refractivity contribution is -0.150. The van der Waals surface area contributed by atoms with Crippen LogP contribution in [0.3, 0.4) is 0 Å².